The molecule has 1 aliphatic heterocycles. The predicted octanol–water partition coefficient (Wildman–Crippen LogP) is 2.21. The third kappa shape index (κ3) is 2.33. The number of hydrogen-bond donors (Lipinski definition) is 1. The minimum absolute atomic E-state index is 0.183. The number of aromatic nitrogens is 4. The number of H-pyrrole nitrogens is 1. The molecule has 0 aliphatic carbocycles. The van der Waals surface area contributed by atoms with Crippen molar-refractivity contribution in [2.75, 3.05) is 6.54 Å². The normalized spacial score (nSPS) is 19.8. The Hall–Kier alpha value is -2.19. The highest BCUT2D eigenvalue weighted by Gasteiger charge is 2.37. The van der Waals surface area contributed by atoms with Crippen molar-refractivity contribution in [1.82, 2.24) is 24.1 Å². The predicted molar refractivity (Wildman–Crippen MR) is 89.8 cm³/mol. The van der Waals surface area contributed by atoms with E-state index in [0.29, 0.717) is 22.5 Å². The number of aryl methyl sites for hydroxylation is 1. The summed E-state index contributed by atoms with van der Waals surface area (Å²) in [6.07, 6.45) is 7.59. The first-order valence-electron chi connectivity index (χ1n) is 8.01. The number of fused-ring (bicyclic) bond motifs is 1. The van der Waals surface area contributed by atoms with Crippen molar-refractivity contribution < 1.29 is 8.42 Å². The van der Waals surface area contributed by atoms with Crippen molar-refractivity contribution in [2.24, 2.45) is 7.05 Å². The molecule has 1 fully saturated rings. The van der Waals surface area contributed by atoms with Gasteiger partial charge >= 0.3 is 0 Å². The number of aromatic amines is 1. The number of hydrogen-bond acceptors (Lipinski definition) is 4. The molecule has 4 rings (SSSR count). The third-order valence-corrected chi connectivity index (χ3v) is 6.60. The van der Waals surface area contributed by atoms with Crippen molar-refractivity contribution in [2.45, 2.75) is 30.2 Å². The summed E-state index contributed by atoms with van der Waals surface area (Å²) in [5, 5.41) is 4.83. The maximum Gasteiger partial charge on any atom is 0.245 e. The van der Waals surface area contributed by atoms with Gasteiger partial charge in [-0.05, 0) is 31.0 Å². The fourth-order valence-electron chi connectivity index (χ4n) is 3.47. The van der Waals surface area contributed by atoms with Crippen LogP contribution in [0.4, 0.5) is 0 Å². The number of sulfonamides is 1. The van der Waals surface area contributed by atoms with Gasteiger partial charge in [-0.3, -0.25) is 4.68 Å². The summed E-state index contributed by atoms with van der Waals surface area (Å²) in [5.74, 6) is 0. The lowest BCUT2D eigenvalue weighted by molar-refractivity contribution is 0.246. The standard InChI is InChI=1S/C16H19N5O2S/c1-20-13(7-9-19-20)14-6-2-3-10-21(14)24(22,23)15-11-18-16-12(15)5-4-8-17-16/h4-5,7-9,11,14H,2-3,6,10H2,1H3,(H,17,18)/t14-/m1/s1. The Bertz CT molecular complexity index is 975. The van der Waals surface area contributed by atoms with E-state index < -0.39 is 10.0 Å². The topological polar surface area (TPSA) is 83.9 Å². The number of rotatable bonds is 3. The fraction of sp³-hybridized carbons (Fsp3) is 0.375. The van der Waals surface area contributed by atoms with Gasteiger partial charge in [0.05, 0.1) is 11.7 Å². The zero-order valence-electron chi connectivity index (χ0n) is 13.4. The van der Waals surface area contributed by atoms with Crippen LogP contribution in [0.3, 0.4) is 0 Å². The molecule has 1 aliphatic rings. The third-order valence-electron chi connectivity index (χ3n) is 4.65. The first-order valence-corrected chi connectivity index (χ1v) is 9.45. The molecular formula is C16H19N5O2S. The molecule has 24 heavy (non-hydrogen) atoms. The van der Waals surface area contributed by atoms with E-state index in [1.807, 2.05) is 13.1 Å². The van der Waals surface area contributed by atoms with E-state index in [1.54, 1.807) is 39.7 Å². The molecule has 3 aromatic rings. The van der Waals surface area contributed by atoms with Gasteiger partial charge in [0.25, 0.3) is 0 Å². The summed E-state index contributed by atoms with van der Waals surface area (Å²) in [7, 11) is -1.76. The second-order valence-corrected chi connectivity index (χ2v) is 7.92. The second kappa shape index (κ2) is 5.71. The van der Waals surface area contributed by atoms with Gasteiger partial charge in [0.2, 0.25) is 10.0 Å². The number of piperidine rings is 1. The zero-order valence-corrected chi connectivity index (χ0v) is 14.2. The average Bonchev–Trinajstić information content (AvgIpc) is 3.21. The van der Waals surface area contributed by atoms with Crippen LogP contribution in [0, 0.1) is 0 Å². The zero-order chi connectivity index (χ0) is 16.7. The molecule has 0 radical (unpaired) electrons. The molecule has 1 saturated heterocycles. The maximum atomic E-state index is 13.3. The van der Waals surface area contributed by atoms with Crippen LogP contribution in [0.5, 0.6) is 0 Å². The number of nitrogens with one attached hydrogen (secondary N) is 1. The quantitative estimate of drug-likeness (QED) is 0.789. The Morgan fingerprint density at radius 3 is 2.92 bits per heavy atom. The molecule has 0 saturated carbocycles. The first kappa shape index (κ1) is 15.3. The van der Waals surface area contributed by atoms with E-state index in [9.17, 15) is 8.42 Å². The monoisotopic (exact) mass is 345 g/mol. The van der Waals surface area contributed by atoms with Gasteiger partial charge < -0.3 is 4.98 Å². The van der Waals surface area contributed by atoms with Gasteiger partial charge in [0, 0.05) is 37.6 Å². The van der Waals surface area contributed by atoms with Gasteiger partial charge in [0.15, 0.2) is 0 Å². The highest BCUT2D eigenvalue weighted by molar-refractivity contribution is 7.89. The lowest BCUT2D eigenvalue weighted by Gasteiger charge is -2.34. The molecule has 0 aromatic carbocycles. The van der Waals surface area contributed by atoms with Crippen molar-refractivity contribution in [3.8, 4) is 0 Å². The van der Waals surface area contributed by atoms with Crippen molar-refractivity contribution in [1.29, 1.82) is 0 Å². The van der Waals surface area contributed by atoms with E-state index in [4.69, 9.17) is 0 Å². The smallest absolute Gasteiger partial charge is 0.245 e. The second-order valence-electron chi connectivity index (χ2n) is 6.06. The molecular weight excluding hydrogens is 326 g/mol. The minimum atomic E-state index is -3.62. The largest absolute Gasteiger partial charge is 0.345 e. The van der Waals surface area contributed by atoms with Crippen molar-refractivity contribution >= 4 is 21.1 Å². The summed E-state index contributed by atoms with van der Waals surface area (Å²) < 4.78 is 30.0. The molecule has 3 aromatic heterocycles. The van der Waals surface area contributed by atoms with E-state index in [1.165, 1.54) is 0 Å². The molecule has 1 N–H and O–H groups in total. The molecule has 7 nitrogen and oxygen atoms in total. The van der Waals surface area contributed by atoms with Gasteiger partial charge in [-0.2, -0.15) is 9.40 Å². The van der Waals surface area contributed by atoms with Gasteiger partial charge in [0.1, 0.15) is 10.5 Å². The fourth-order valence-corrected chi connectivity index (χ4v) is 5.29. The Kier molecular flexibility index (Phi) is 3.65. The summed E-state index contributed by atoms with van der Waals surface area (Å²) in [6.45, 7) is 0.519. The van der Waals surface area contributed by atoms with Gasteiger partial charge in [-0.1, -0.05) is 6.42 Å². The van der Waals surface area contributed by atoms with Gasteiger partial charge in [-0.25, -0.2) is 13.4 Å². The SMILES string of the molecule is Cn1nccc1[C@H]1CCCCN1S(=O)(=O)c1c[nH]c2ncccc12. The van der Waals surface area contributed by atoms with E-state index in [2.05, 4.69) is 15.1 Å². The highest BCUT2D eigenvalue weighted by atomic mass is 32.2. The van der Waals surface area contributed by atoms with E-state index >= 15 is 0 Å². The lowest BCUT2D eigenvalue weighted by atomic mass is 10.0. The van der Waals surface area contributed by atoms with Crippen LogP contribution in [0.25, 0.3) is 11.0 Å². The van der Waals surface area contributed by atoms with Crippen LogP contribution in [0.15, 0.2) is 41.7 Å². The van der Waals surface area contributed by atoms with Crippen LogP contribution in [-0.2, 0) is 17.1 Å². The summed E-state index contributed by atoms with van der Waals surface area (Å²) in [5.41, 5.74) is 1.52. The molecule has 1 atom stereocenters. The van der Waals surface area contributed by atoms with Crippen molar-refractivity contribution in [3.63, 3.8) is 0 Å². The van der Waals surface area contributed by atoms with Crippen LogP contribution in [0.2, 0.25) is 0 Å². The average molecular weight is 345 g/mol. The molecule has 0 spiro atoms. The first-order chi connectivity index (χ1) is 11.6. The molecule has 0 unspecified atom stereocenters. The Labute approximate surface area is 140 Å². The van der Waals surface area contributed by atoms with Crippen LogP contribution in [0.1, 0.15) is 31.0 Å². The van der Waals surface area contributed by atoms with Crippen LogP contribution < -0.4 is 0 Å². The maximum absolute atomic E-state index is 13.3. The lowest BCUT2D eigenvalue weighted by Crippen LogP contribution is -2.39. The number of pyridine rings is 1. The Balaban J connectivity index is 1.81. The van der Waals surface area contributed by atoms with Gasteiger partial charge in [-0.15, -0.1) is 0 Å². The summed E-state index contributed by atoms with van der Waals surface area (Å²) in [4.78, 5) is 7.44. The Morgan fingerprint density at radius 1 is 1.25 bits per heavy atom. The van der Waals surface area contributed by atoms with E-state index in [0.717, 1.165) is 25.0 Å². The molecule has 8 heteroatoms. The van der Waals surface area contributed by atoms with E-state index in [-0.39, 0.29) is 6.04 Å². The minimum Gasteiger partial charge on any atom is -0.345 e. The molecule has 0 amide bonds. The summed E-state index contributed by atoms with van der Waals surface area (Å²) in [6, 6.07) is 5.26. The summed E-state index contributed by atoms with van der Waals surface area (Å²) >= 11 is 0. The highest BCUT2D eigenvalue weighted by Crippen LogP contribution is 2.36. The van der Waals surface area contributed by atoms with Crippen LogP contribution in [-0.4, -0.2) is 39.0 Å². The van der Waals surface area contributed by atoms with Crippen molar-refractivity contribution in [3.05, 3.63) is 42.5 Å². The Morgan fingerprint density at radius 2 is 2.12 bits per heavy atom. The molecule has 0 bridgehead atoms. The molecule has 126 valence electrons. The van der Waals surface area contributed by atoms with Crippen LogP contribution >= 0.6 is 0 Å². The number of nitrogens with zero attached hydrogens (tertiary/aromatic N) is 4. The molecule has 4 heterocycles.